The van der Waals surface area contributed by atoms with Crippen molar-refractivity contribution in [2.24, 2.45) is 0 Å². The van der Waals surface area contributed by atoms with E-state index in [4.69, 9.17) is 4.42 Å². The van der Waals surface area contributed by atoms with Crippen molar-refractivity contribution in [2.45, 2.75) is 19.5 Å². The Labute approximate surface area is 146 Å². The highest BCUT2D eigenvalue weighted by molar-refractivity contribution is 5.97. The normalized spacial score (nSPS) is 16.4. The Morgan fingerprint density at radius 1 is 1.20 bits per heavy atom. The predicted molar refractivity (Wildman–Crippen MR) is 91.7 cm³/mol. The van der Waals surface area contributed by atoms with Crippen LogP contribution in [0.15, 0.2) is 47.5 Å². The van der Waals surface area contributed by atoms with E-state index in [1.807, 2.05) is 17.0 Å². The fourth-order valence-electron chi connectivity index (χ4n) is 2.88. The van der Waals surface area contributed by atoms with Gasteiger partial charge in [-0.3, -0.25) is 19.5 Å². The van der Waals surface area contributed by atoms with Gasteiger partial charge in [0.2, 0.25) is 5.91 Å². The molecule has 0 spiro atoms. The highest BCUT2D eigenvalue weighted by Crippen LogP contribution is 2.09. The number of nitrogens with zero attached hydrogens (tertiary/aromatic N) is 3. The number of rotatable bonds is 5. The molecular weight excluding hydrogens is 320 g/mol. The molecule has 0 saturated carbocycles. The molecule has 2 aromatic rings. The molecule has 1 aliphatic rings. The van der Waals surface area contributed by atoms with Crippen LogP contribution in [0.1, 0.15) is 22.8 Å². The van der Waals surface area contributed by atoms with Gasteiger partial charge in [0.1, 0.15) is 12.3 Å². The average Bonchev–Trinajstić information content (AvgIpc) is 3.17. The lowest BCUT2D eigenvalue weighted by Gasteiger charge is -2.36. The van der Waals surface area contributed by atoms with Gasteiger partial charge in [-0.05, 0) is 30.7 Å². The number of carbonyl (C=O) groups excluding carboxylic acids is 2. The van der Waals surface area contributed by atoms with Crippen molar-refractivity contribution in [1.29, 1.82) is 0 Å². The molecule has 1 aliphatic heterocycles. The second-order valence-electron chi connectivity index (χ2n) is 6.16. The van der Waals surface area contributed by atoms with Crippen molar-refractivity contribution < 1.29 is 14.0 Å². The molecule has 2 amide bonds. The molecule has 3 rings (SSSR count). The number of pyridine rings is 1. The standard InChI is InChI=1S/C18H22N4O3/c1-14(20-17(23)16-4-11-25-13-16)18(24)22-9-7-21(8-10-22)12-15-2-5-19-6-3-15/h2-6,11,13-14H,7-10,12H2,1H3,(H,20,23)/t14-/m0/s1. The van der Waals surface area contributed by atoms with Crippen molar-refractivity contribution in [3.63, 3.8) is 0 Å². The zero-order chi connectivity index (χ0) is 17.6. The maximum absolute atomic E-state index is 12.5. The number of carbonyl (C=O) groups is 2. The highest BCUT2D eigenvalue weighted by Gasteiger charge is 2.26. The highest BCUT2D eigenvalue weighted by atomic mass is 16.3. The third-order valence-electron chi connectivity index (χ3n) is 4.34. The van der Waals surface area contributed by atoms with Crippen LogP contribution in [0.5, 0.6) is 0 Å². The van der Waals surface area contributed by atoms with E-state index in [0.29, 0.717) is 18.7 Å². The van der Waals surface area contributed by atoms with Crippen LogP contribution in [0.25, 0.3) is 0 Å². The van der Waals surface area contributed by atoms with Gasteiger partial charge in [0.05, 0.1) is 11.8 Å². The van der Waals surface area contributed by atoms with E-state index in [9.17, 15) is 9.59 Å². The molecule has 0 unspecified atom stereocenters. The minimum atomic E-state index is -0.561. The van der Waals surface area contributed by atoms with Gasteiger partial charge in [-0.15, -0.1) is 0 Å². The topological polar surface area (TPSA) is 78.7 Å². The van der Waals surface area contributed by atoms with Gasteiger partial charge in [-0.1, -0.05) is 0 Å². The molecule has 1 N–H and O–H groups in total. The van der Waals surface area contributed by atoms with Crippen molar-refractivity contribution in [1.82, 2.24) is 20.1 Å². The molecule has 0 bridgehead atoms. The molecule has 0 aromatic carbocycles. The summed E-state index contributed by atoms with van der Waals surface area (Å²) < 4.78 is 4.89. The molecule has 7 nitrogen and oxygen atoms in total. The van der Waals surface area contributed by atoms with Crippen LogP contribution < -0.4 is 5.32 Å². The van der Waals surface area contributed by atoms with Crippen LogP contribution >= 0.6 is 0 Å². The lowest BCUT2D eigenvalue weighted by atomic mass is 10.2. The van der Waals surface area contributed by atoms with Crippen molar-refractivity contribution in [2.75, 3.05) is 26.2 Å². The Bertz CT molecular complexity index is 694. The quantitative estimate of drug-likeness (QED) is 0.881. The van der Waals surface area contributed by atoms with Gasteiger partial charge in [-0.25, -0.2) is 0 Å². The molecule has 2 aromatic heterocycles. The minimum absolute atomic E-state index is 0.0552. The Kier molecular flexibility index (Phi) is 5.45. The maximum Gasteiger partial charge on any atom is 0.255 e. The Morgan fingerprint density at radius 2 is 1.92 bits per heavy atom. The number of aromatic nitrogens is 1. The second-order valence-corrected chi connectivity index (χ2v) is 6.16. The summed E-state index contributed by atoms with van der Waals surface area (Å²) in [6.07, 6.45) is 6.38. The molecule has 7 heteroatoms. The average molecular weight is 342 g/mol. The van der Waals surface area contributed by atoms with E-state index in [1.54, 1.807) is 25.4 Å². The van der Waals surface area contributed by atoms with Crippen LogP contribution in [0.3, 0.4) is 0 Å². The van der Waals surface area contributed by atoms with E-state index in [-0.39, 0.29) is 11.8 Å². The summed E-state index contributed by atoms with van der Waals surface area (Å²) in [4.78, 5) is 32.7. The van der Waals surface area contributed by atoms with E-state index >= 15 is 0 Å². The fourth-order valence-corrected chi connectivity index (χ4v) is 2.88. The molecular formula is C18H22N4O3. The smallest absolute Gasteiger partial charge is 0.255 e. The first-order valence-corrected chi connectivity index (χ1v) is 8.36. The van der Waals surface area contributed by atoms with Gasteiger partial charge >= 0.3 is 0 Å². The monoisotopic (exact) mass is 342 g/mol. The molecule has 1 saturated heterocycles. The van der Waals surface area contributed by atoms with Crippen LogP contribution in [-0.2, 0) is 11.3 Å². The van der Waals surface area contributed by atoms with E-state index in [1.165, 1.54) is 18.1 Å². The Morgan fingerprint density at radius 3 is 2.56 bits per heavy atom. The van der Waals surface area contributed by atoms with Crippen molar-refractivity contribution in [3.05, 3.63) is 54.2 Å². The van der Waals surface area contributed by atoms with E-state index < -0.39 is 6.04 Å². The largest absolute Gasteiger partial charge is 0.472 e. The zero-order valence-electron chi connectivity index (χ0n) is 14.2. The summed E-state index contributed by atoms with van der Waals surface area (Å²) >= 11 is 0. The van der Waals surface area contributed by atoms with E-state index in [2.05, 4.69) is 15.2 Å². The maximum atomic E-state index is 12.5. The van der Waals surface area contributed by atoms with Crippen LogP contribution in [0, 0.1) is 0 Å². The third-order valence-corrected chi connectivity index (χ3v) is 4.34. The second kappa shape index (κ2) is 7.94. The SMILES string of the molecule is C[C@H](NC(=O)c1ccoc1)C(=O)N1CCN(Cc2ccncc2)CC1. The van der Waals surface area contributed by atoms with Gasteiger partial charge in [0, 0.05) is 45.1 Å². The molecule has 25 heavy (non-hydrogen) atoms. The number of furan rings is 1. The van der Waals surface area contributed by atoms with Gasteiger partial charge in [0.25, 0.3) is 5.91 Å². The van der Waals surface area contributed by atoms with E-state index in [0.717, 1.165) is 19.6 Å². The lowest BCUT2D eigenvalue weighted by Crippen LogP contribution is -2.53. The van der Waals surface area contributed by atoms with Gasteiger partial charge in [0.15, 0.2) is 0 Å². The zero-order valence-corrected chi connectivity index (χ0v) is 14.2. The minimum Gasteiger partial charge on any atom is -0.472 e. The summed E-state index contributed by atoms with van der Waals surface area (Å²) in [5.41, 5.74) is 1.64. The van der Waals surface area contributed by atoms with Crippen LogP contribution in [0.4, 0.5) is 0 Å². The first kappa shape index (κ1) is 17.2. The first-order chi connectivity index (χ1) is 12.1. The number of hydrogen-bond donors (Lipinski definition) is 1. The number of amides is 2. The Hall–Kier alpha value is -2.67. The third kappa shape index (κ3) is 4.45. The molecule has 1 atom stereocenters. The summed E-state index contributed by atoms with van der Waals surface area (Å²) in [7, 11) is 0. The number of hydrogen-bond acceptors (Lipinski definition) is 5. The summed E-state index contributed by atoms with van der Waals surface area (Å²) in [5.74, 6) is -0.355. The summed E-state index contributed by atoms with van der Waals surface area (Å²) in [5, 5.41) is 2.72. The lowest BCUT2D eigenvalue weighted by molar-refractivity contribution is -0.134. The van der Waals surface area contributed by atoms with Crippen LogP contribution in [0.2, 0.25) is 0 Å². The van der Waals surface area contributed by atoms with Gasteiger partial charge in [-0.2, -0.15) is 0 Å². The number of piperazine rings is 1. The molecule has 0 aliphatic carbocycles. The van der Waals surface area contributed by atoms with Crippen LogP contribution in [-0.4, -0.2) is 58.8 Å². The molecule has 132 valence electrons. The first-order valence-electron chi connectivity index (χ1n) is 8.36. The summed E-state index contributed by atoms with van der Waals surface area (Å²) in [6, 6.07) is 5.02. The molecule has 1 fully saturated rings. The molecule has 3 heterocycles. The van der Waals surface area contributed by atoms with Crippen molar-refractivity contribution >= 4 is 11.8 Å². The summed E-state index contributed by atoms with van der Waals surface area (Å²) in [6.45, 7) is 5.53. The molecule has 0 radical (unpaired) electrons. The fraction of sp³-hybridized carbons (Fsp3) is 0.389. The Balaban J connectivity index is 1.47. The predicted octanol–water partition coefficient (Wildman–Crippen LogP) is 1.14. The van der Waals surface area contributed by atoms with Crippen molar-refractivity contribution in [3.8, 4) is 0 Å². The van der Waals surface area contributed by atoms with Gasteiger partial charge < -0.3 is 14.6 Å². The number of nitrogens with one attached hydrogen (secondary N) is 1.